The van der Waals surface area contributed by atoms with E-state index in [1.54, 1.807) is 12.3 Å². The van der Waals surface area contributed by atoms with Crippen LogP contribution in [0.1, 0.15) is 61.0 Å². The first-order chi connectivity index (χ1) is 16.1. The first-order valence-electron chi connectivity index (χ1n) is 12.3. The highest BCUT2D eigenvalue weighted by Crippen LogP contribution is 2.28. The molecule has 5 heteroatoms. The fourth-order valence-electron chi connectivity index (χ4n) is 5.20. The van der Waals surface area contributed by atoms with Gasteiger partial charge in [0.05, 0.1) is 0 Å². The van der Waals surface area contributed by atoms with Crippen molar-refractivity contribution in [3.8, 4) is 0 Å². The number of hydrogen-bond donors (Lipinski definition) is 0. The Morgan fingerprint density at radius 3 is 2.48 bits per heavy atom. The molecular weight excluding hydrogens is 410 g/mol. The van der Waals surface area contributed by atoms with Crippen LogP contribution in [0.5, 0.6) is 0 Å². The molecule has 33 heavy (non-hydrogen) atoms. The van der Waals surface area contributed by atoms with E-state index in [0.717, 1.165) is 45.2 Å². The molecule has 2 amide bonds. The van der Waals surface area contributed by atoms with Crippen molar-refractivity contribution in [1.29, 1.82) is 0 Å². The van der Waals surface area contributed by atoms with Crippen molar-refractivity contribution < 1.29 is 9.59 Å². The number of rotatable bonds is 7. The largest absolute Gasteiger partial charge is 0.342 e. The minimum atomic E-state index is -0.0423. The topological polar surface area (TPSA) is 53.5 Å². The van der Waals surface area contributed by atoms with Gasteiger partial charge >= 0.3 is 0 Å². The minimum Gasteiger partial charge on any atom is -0.342 e. The van der Waals surface area contributed by atoms with Crippen molar-refractivity contribution in [2.75, 3.05) is 20.1 Å². The molecule has 0 N–H and O–H groups in total. The molecule has 1 unspecified atom stereocenters. The van der Waals surface area contributed by atoms with E-state index in [0.29, 0.717) is 18.0 Å². The first kappa shape index (κ1) is 23.2. The summed E-state index contributed by atoms with van der Waals surface area (Å²) in [7, 11) is 1.90. The lowest BCUT2D eigenvalue weighted by Crippen LogP contribution is -2.48. The molecule has 1 aliphatic carbocycles. The Morgan fingerprint density at radius 2 is 1.82 bits per heavy atom. The number of pyridine rings is 1. The number of allylic oxidation sites excluding steroid dienone is 1. The lowest BCUT2D eigenvalue weighted by Gasteiger charge is -2.40. The van der Waals surface area contributed by atoms with Gasteiger partial charge in [0.1, 0.15) is 5.69 Å². The first-order valence-corrected chi connectivity index (χ1v) is 12.3. The summed E-state index contributed by atoms with van der Waals surface area (Å²) in [6, 6.07) is 15.9. The zero-order valence-corrected chi connectivity index (χ0v) is 19.7. The molecular formula is C28H35N3O2. The number of benzene rings is 1. The second-order valence-electron chi connectivity index (χ2n) is 9.39. The van der Waals surface area contributed by atoms with Gasteiger partial charge in [-0.05, 0) is 68.6 Å². The third-order valence-corrected chi connectivity index (χ3v) is 7.19. The summed E-state index contributed by atoms with van der Waals surface area (Å²) < 4.78 is 0. The number of aromatic nitrogens is 1. The molecule has 2 aliphatic rings. The second kappa shape index (κ2) is 11.3. The summed E-state index contributed by atoms with van der Waals surface area (Å²) in [6.07, 6.45) is 11.8. The molecule has 1 aromatic heterocycles. The van der Waals surface area contributed by atoms with Crippen molar-refractivity contribution >= 4 is 11.8 Å². The molecule has 5 nitrogen and oxygen atoms in total. The zero-order chi connectivity index (χ0) is 23.0. The Labute approximate surface area is 197 Å². The summed E-state index contributed by atoms with van der Waals surface area (Å²) in [5.41, 5.74) is 3.02. The maximum absolute atomic E-state index is 13.2. The van der Waals surface area contributed by atoms with Crippen LogP contribution in [0.15, 0.2) is 66.4 Å². The predicted molar refractivity (Wildman–Crippen MR) is 131 cm³/mol. The maximum atomic E-state index is 13.2. The third kappa shape index (κ3) is 6.10. The molecule has 1 aliphatic heterocycles. The van der Waals surface area contributed by atoms with Gasteiger partial charge in [-0.15, -0.1) is 0 Å². The average molecular weight is 446 g/mol. The number of amides is 2. The van der Waals surface area contributed by atoms with Gasteiger partial charge in [0.25, 0.3) is 5.91 Å². The number of nitrogens with zero attached hydrogens (tertiary/aromatic N) is 3. The normalized spacial score (nSPS) is 17.8. The Hall–Kier alpha value is -2.95. The van der Waals surface area contributed by atoms with Gasteiger partial charge in [0, 0.05) is 38.8 Å². The van der Waals surface area contributed by atoms with Crippen molar-refractivity contribution in [3.05, 3.63) is 77.6 Å². The minimum absolute atomic E-state index is 0.0423. The molecule has 174 valence electrons. The summed E-state index contributed by atoms with van der Waals surface area (Å²) in [5, 5.41) is 0. The molecule has 1 saturated heterocycles. The number of likely N-dealkylation sites (N-methyl/N-ethyl adjacent to an activating group) is 1. The third-order valence-electron chi connectivity index (χ3n) is 7.19. The number of carbonyl (C=O) groups excluding carboxylic acids is 2. The number of carbonyl (C=O) groups is 2. The van der Waals surface area contributed by atoms with Crippen LogP contribution in [0.2, 0.25) is 0 Å². The van der Waals surface area contributed by atoms with E-state index in [2.05, 4.69) is 23.2 Å². The Kier molecular flexibility index (Phi) is 7.92. The molecule has 0 saturated carbocycles. The summed E-state index contributed by atoms with van der Waals surface area (Å²) in [4.78, 5) is 34.3. The number of hydrogen-bond acceptors (Lipinski definition) is 3. The van der Waals surface area contributed by atoms with E-state index >= 15 is 0 Å². The van der Waals surface area contributed by atoms with E-state index in [1.807, 2.05) is 47.2 Å². The van der Waals surface area contributed by atoms with Crippen LogP contribution in [0, 0.1) is 5.92 Å². The molecule has 0 radical (unpaired) electrons. The summed E-state index contributed by atoms with van der Waals surface area (Å²) >= 11 is 0. The van der Waals surface area contributed by atoms with Gasteiger partial charge in [-0.2, -0.15) is 0 Å². The molecule has 4 rings (SSSR count). The van der Waals surface area contributed by atoms with E-state index in [4.69, 9.17) is 0 Å². The van der Waals surface area contributed by atoms with E-state index in [9.17, 15) is 9.59 Å². The fraction of sp³-hybridized carbons (Fsp3) is 0.464. The highest BCUT2D eigenvalue weighted by atomic mass is 16.2. The van der Waals surface area contributed by atoms with Gasteiger partial charge < -0.3 is 9.80 Å². The van der Waals surface area contributed by atoms with Crippen LogP contribution in [0.4, 0.5) is 0 Å². The number of likely N-dealkylation sites (tertiary alicyclic amines) is 1. The summed E-state index contributed by atoms with van der Waals surface area (Å²) in [6.45, 7) is 1.54. The highest BCUT2D eigenvalue weighted by molar-refractivity contribution is 5.92. The van der Waals surface area contributed by atoms with Gasteiger partial charge in [0.15, 0.2) is 0 Å². The quantitative estimate of drug-likeness (QED) is 0.570. The molecule has 0 bridgehead atoms. The van der Waals surface area contributed by atoms with E-state index in [1.165, 1.54) is 24.0 Å². The average Bonchev–Trinajstić information content (AvgIpc) is 2.88. The maximum Gasteiger partial charge on any atom is 0.272 e. The highest BCUT2D eigenvalue weighted by Gasteiger charge is 2.33. The van der Waals surface area contributed by atoms with Gasteiger partial charge in [-0.25, -0.2) is 0 Å². The van der Waals surface area contributed by atoms with Crippen LogP contribution < -0.4 is 0 Å². The SMILES string of the molecule is CN(C(=O)c1ccccn1)C(Cc1ccccc1)C1CCN(C(=O)CC2=CCCCC2)CC1. The van der Waals surface area contributed by atoms with E-state index < -0.39 is 0 Å². The lowest BCUT2D eigenvalue weighted by molar-refractivity contribution is -0.132. The summed E-state index contributed by atoms with van der Waals surface area (Å²) in [5.74, 6) is 0.569. The van der Waals surface area contributed by atoms with Gasteiger partial charge in [-0.3, -0.25) is 14.6 Å². The Balaban J connectivity index is 1.43. The Morgan fingerprint density at radius 1 is 1.06 bits per heavy atom. The molecule has 0 spiro atoms. The lowest BCUT2D eigenvalue weighted by atomic mass is 9.84. The van der Waals surface area contributed by atoms with Crippen LogP contribution in [-0.4, -0.2) is 52.8 Å². The standard InChI is InChI=1S/C28H35N3O2/c1-30(28(33)25-14-8-9-17-29-25)26(20-22-10-4-2-5-11-22)24-15-18-31(19-16-24)27(32)21-23-12-6-3-7-13-23/h2,4-5,8-12,14,17,24,26H,3,6-7,13,15-16,18-21H2,1H3. The molecule has 1 fully saturated rings. The van der Waals surface area contributed by atoms with Gasteiger partial charge in [0.2, 0.25) is 5.91 Å². The molecule has 2 heterocycles. The van der Waals surface area contributed by atoms with Crippen molar-refractivity contribution in [2.45, 2.75) is 57.4 Å². The van der Waals surface area contributed by atoms with Crippen molar-refractivity contribution in [3.63, 3.8) is 0 Å². The van der Waals surface area contributed by atoms with Crippen LogP contribution in [0.3, 0.4) is 0 Å². The number of piperidine rings is 1. The van der Waals surface area contributed by atoms with Crippen LogP contribution in [-0.2, 0) is 11.2 Å². The fourth-order valence-corrected chi connectivity index (χ4v) is 5.20. The van der Waals surface area contributed by atoms with Crippen molar-refractivity contribution in [1.82, 2.24) is 14.8 Å². The molecule has 1 aromatic carbocycles. The van der Waals surface area contributed by atoms with Gasteiger partial charge in [-0.1, -0.05) is 48.0 Å². The van der Waals surface area contributed by atoms with Crippen molar-refractivity contribution in [2.24, 2.45) is 5.92 Å². The van der Waals surface area contributed by atoms with Crippen LogP contribution >= 0.6 is 0 Å². The monoisotopic (exact) mass is 445 g/mol. The van der Waals surface area contributed by atoms with E-state index in [-0.39, 0.29) is 17.9 Å². The molecule has 2 aromatic rings. The zero-order valence-electron chi connectivity index (χ0n) is 19.7. The predicted octanol–water partition coefficient (Wildman–Crippen LogP) is 4.89. The Bertz CT molecular complexity index is 950. The van der Waals surface area contributed by atoms with Crippen LogP contribution in [0.25, 0.3) is 0 Å². The second-order valence-corrected chi connectivity index (χ2v) is 9.39. The smallest absolute Gasteiger partial charge is 0.272 e. The molecule has 1 atom stereocenters.